The normalized spacial score (nSPS) is 11.2. The number of rotatable bonds is 9. The van der Waals surface area contributed by atoms with Crippen molar-refractivity contribution < 1.29 is 13.5 Å². The van der Waals surface area contributed by atoms with Gasteiger partial charge < -0.3 is 15.4 Å². The van der Waals surface area contributed by atoms with Crippen molar-refractivity contribution in [1.82, 2.24) is 10.6 Å². The Morgan fingerprint density at radius 1 is 1.29 bits per heavy atom. The first-order valence-electron chi connectivity index (χ1n) is 7.54. The zero-order valence-corrected chi connectivity index (χ0v) is 17.4. The predicted octanol–water partition coefficient (Wildman–Crippen LogP) is 4.02. The third kappa shape index (κ3) is 9.51. The molecule has 8 heteroatoms. The van der Waals surface area contributed by atoms with Crippen molar-refractivity contribution in [2.24, 2.45) is 4.99 Å². The number of ether oxygens (including phenoxy) is 1. The van der Waals surface area contributed by atoms with Gasteiger partial charge in [0.05, 0.1) is 0 Å². The van der Waals surface area contributed by atoms with Crippen molar-refractivity contribution in [3.63, 3.8) is 0 Å². The van der Waals surface area contributed by atoms with Gasteiger partial charge >= 0.3 is 6.61 Å². The maximum Gasteiger partial charge on any atom is 0.387 e. The minimum Gasteiger partial charge on any atom is -0.434 e. The highest BCUT2D eigenvalue weighted by Crippen LogP contribution is 2.21. The van der Waals surface area contributed by atoms with Gasteiger partial charge in [-0.25, -0.2) is 0 Å². The molecule has 0 saturated carbocycles. The van der Waals surface area contributed by atoms with Crippen molar-refractivity contribution in [3.05, 3.63) is 29.3 Å². The van der Waals surface area contributed by atoms with E-state index in [4.69, 9.17) is 0 Å². The lowest BCUT2D eigenvalue weighted by atomic mass is 10.1. The Morgan fingerprint density at radius 2 is 2.04 bits per heavy atom. The molecule has 0 aliphatic rings. The number of aryl methyl sites for hydroxylation is 1. The molecular weight excluding hydrogens is 447 g/mol. The van der Waals surface area contributed by atoms with Gasteiger partial charge in [0.1, 0.15) is 5.75 Å². The summed E-state index contributed by atoms with van der Waals surface area (Å²) in [5.74, 6) is 1.98. The van der Waals surface area contributed by atoms with E-state index in [0.717, 1.165) is 30.7 Å². The summed E-state index contributed by atoms with van der Waals surface area (Å²) >= 11 is 1.83. The fourth-order valence-electron chi connectivity index (χ4n) is 2.04. The van der Waals surface area contributed by atoms with E-state index < -0.39 is 6.61 Å². The van der Waals surface area contributed by atoms with E-state index in [0.29, 0.717) is 18.1 Å². The summed E-state index contributed by atoms with van der Waals surface area (Å²) < 4.78 is 29.5. The summed E-state index contributed by atoms with van der Waals surface area (Å²) in [5.41, 5.74) is 1.67. The number of alkyl halides is 2. The number of thioether (sulfide) groups is 1. The monoisotopic (exact) mass is 473 g/mol. The molecule has 138 valence electrons. The number of nitrogens with zero attached hydrogens (tertiary/aromatic N) is 1. The molecule has 0 fully saturated rings. The first kappa shape index (κ1) is 23.2. The lowest BCUT2D eigenvalue weighted by Gasteiger charge is -2.15. The zero-order valence-electron chi connectivity index (χ0n) is 14.3. The van der Waals surface area contributed by atoms with Gasteiger partial charge in [0, 0.05) is 25.7 Å². The molecule has 1 aromatic carbocycles. The molecular formula is C16H26F2IN3OS. The Hall–Kier alpha value is -0.770. The second-order valence-corrected chi connectivity index (χ2v) is 6.03. The summed E-state index contributed by atoms with van der Waals surface area (Å²) in [6.07, 6.45) is 4.30. The van der Waals surface area contributed by atoms with Gasteiger partial charge in [-0.05, 0) is 37.8 Å². The second-order valence-electron chi connectivity index (χ2n) is 5.04. The van der Waals surface area contributed by atoms with E-state index in [1.807, 2.05) is 24.8 Å². The Kier molecular flexibility index (Phi) is 13.1. The lowest BCUT2D eigenvalue weighted by molar-refractivity contribution is -0.0504. The Labute approximate surface area is 164 Å². The number of halogens is 3. The first-order chi connectivity index (χ1) is 11.1. The van der Waals surface area contributed by atoms with Crippen LogP contribution in [0.25, 0.3) is 0 Å². The largest absolute Gasteiger partial charge is 0.434 e. The molecule has 0 heterocycles. The maximum absolute atomic E-state index is 12.5. The van der Waals surface area contributed by atoms with Gasteiger partial charge in [-0.15, -0.1) is 24.0 Å². The average molecular weight is 473 g/mol. The highest BCUT2D eigenvalue weighted by Gasteiger charge is 2.10. The minimum atomic E-state index is -2.83. The van der Waals surface area contributed by atoms with E-state index in [2.05, 4.69) is 26.6 Å². The van der Waals surface area contributed by atoms with E-state index >= 15 is 0 Å². The molecule has 0 atom stereocenters. The number of benzene rings is 1. The smallest absolute Gasteiger partial charge is 0.387 e. The van der Waals surface area contributed by atoms with Gasteiger partial charge in [-0.1, -0.05) is 17.7 Å². The minimum absolute atomic E-state index is 0. The molecule has 2 N–H and O–H groups in total. The third-order valence-electron chi connectivity index (χ3n) is 3.17. The molecule has 0 amide bonds. The summed E-state index contributed by atoms with van der Waals surface area (Å²) in [6.45, 7) is 0.280. The van der Waals surface area contributed by atoms with Crippen LogP contribution in [0, 0.1) is 6.92 Å². The molecule has 24 heavy (non-hydrogen) atoms. The highest BCUT2D eigenvalue weighted by atomic mass is 127. The third-order valence-corrected chi connectivity index (χ3v) is 3.87. The Bertz CT molecular complexity index is 504. The molecule has 0 unspecified atom stereocenters. The van der Waals surface area contributed by atoms with Crippen LogP contribution in [0.1, 0.15) is 24.0 Å². The molecule has 0 spiro atoms. The van der Waals surface area contributed by atoms with Crippen molar-refractivity contribution in [2.45, 2.75) is 32.9 Å². The number of nitrogens with one attached hydrogen (secondary N) is 2. The zero-order chi connectivity index (χ0) is 17.1. The second kappa shape index (κ2) is 13.5. The van der Waals surface area contributed by atoms with Gasteiger partial charge in [0.2, 0.25) is 0 Å². The van der Waals surface area contributed by atoms with Crippen LogP contribution in [0.15, 0.2) is 23.2 Å². The summed E-state index contributed by atoms with van der Waals surface area (Å²) in [7, 11) is 1.68. The molecule has 0 aliphatic carbocycles. The fourth-order valence-corrected chi connectivity index (χ4v) is 2.53. The maximum atomic E-state index is 12.5. The van der Waals surface area contributed by atoms with Crippen LogP contribution in [0.4, 0.5) is 8.78 Å². The van der Waals surface area contributed by atoms with Crippen LogP contribution in [0.3, 0.4) is 0 Å². The van der Waals surface area contributed by atoms with Crippen LogP contribution in [-0.4, -0.2) is 38.2 Å². The fraction of sp³-hybridized carbons (Fsp3) is 0.562. The Morgan fingerprint density at radius 3 is 2.67 bits per heavy atom. The number of guanidine groups is 1. The van der Waals surface area contributed by atoms with Gasteiger partial charge in [0.25, 0.3) is 0 Å². The summed E-state index contributed by atoms with van der Waals surface area (Å²) in [5, 5.41) is 6.34. The number of aliphatic imine (C=N–C) groups is 1. The van der Waals surface area contributed by atoms with Crippen LogP contribution in [0.2, 0.25) is 0 Å². The molecule has 0 radical (unpaired) electrons. The molecule has 0 bridgehead atoms. The summed E-state index contributed by atoms with van der Waals surface area (Å²) in [4.78, 5) is 4.13. The van der Waals surface area contributed by atoms with Gasteiger partial charge in [-0.2, -0.15) is 20.5 Å². The van der Waals surface area contributed by atoms with Crippen molar-refractivity contribution in [2.75, 3.05) is 25.6 Å². The van der Waals surface area contributed by atoms with Gasteiger partial charge in [0.15, 0.2) is 5.96 Å². The predicted molar refractivity (Wildman–Crippen MR) is 109 cm³/mol. The summed E-state index contributed by atoms with van der Waals surface area (Å²) in [6, 6.07) is 5.15. The van der Waals surface area contributed by atoms with Crippen LogP contribution in [-0.2, 0) is 6.54 Å². The quantitative estimate of drug-likeness (QED) is 0.246. The first-order valence-corrected chi connectivity index (χ1v) is 8.94. The highest BCUT2D eigenvalue weighted by molar-refractivity contribution is 14.0. The number of hydrogen-bond acceptors (Lipinski definition) is 3. The number of unbranched alkanes of at least 4 members (excludes halogenated alkanes) is 1. The molecule has 0 aromatic heterocycles. The standard InChI is InChI=1S/C16H25F2N3OS.HI/c1-12-6-7-14(22-15(17)18)13(10-12)11-21-16(19-2)20-8-4-5-9-23-3;/h6-7,10,15H,4-5,8-9,11H2,1-3H3,(H2,19,20,21);1H. The Balaban J connectivity index is 0.00000529. The molecule has 4 nitrogen and oxygen atoms in total. The van der Waals surface area contributed by atoms with Gasteiger partial charge in [-0.3, -0.25) is 4.99 Å². The van der Waals surface area contributed by atoms with E-state index in [1.165, 1.54) is 0 Å². The molecule has 0 saturated heterocycles. The van der Waals surface area contributed by atoms with Crippen LogP contribution >= 0.6 is 35.7 Å². The SMILES string of the molecule is CN=C(NCCCCSC)NCc1cc(C)ccc1OC(F)F.I. The molecule has 1 aromatic rings. The molecule has 0 aliphatic heterocycles. The van der Waals surface area contributed by atoms with E-state index in [1.54, 1.807) is 19.2 Å². The molecule has 1 rings (SSSR count). The van der Waals surface area contributed by atoms with Crippen LogP contribution < -0.4 is 15.4 Å². The van der Waals surface area contributed by atoms with Crippen molar-refractivity contribution in [3.8, 4) is 5.75 Å². The van der Waals surface area contributed by atoms with Crippen molar-refractivity contribution >= 4 is 41.7 Å². The average Bonchev–Trinajstić information content (AvgIpc) is 2.52. The lowest BCUT2D eigenvalue weighted by Crippen LogP contribution is -2.37. The van der Waals surface area contributed by atoms with Crippen LogP contribution in [0.5, 0.6) is 5.75 Å². The topological polar surface area (TPSA) is 45.7 Å². The van der Waals surface area contributed by atoms with E-state index in [-0.39, 0.29) is 29.7 Å². The van der Waals surface area contributed by atoms with Crippen molar-refractivity contribution in [1.29, 1.82) is 0 Å². The number of hydrogen-bond donors (Lipinski definition) is 2. The van der Waals surface area contributed by atoms with E-state index in [9.17, 15) is 8.78 Å².